The number of carbonyl (C=O) groups excluding carboxylic acids is 1. The first-order chi connectivity index (χ1) is 16.9. The minimum atomic E-state index is -0.460. The molecular formula is C27H25N3O4S. The highest BCUT2D eigenvalue weighted by molar-refractivity contribution is 7.19. The third-order valence-electron chi connectivity index (χ3n) is 5.82. The molecule has 8 heteroatoms. The smallest absolute Gasteiger partial charge is 0.281 e. The van der Waals surface area contributed by atoms with E-state index in [2.05, 4.69) is 10.4 Å². The molecule has 0 spiro atoms. The highest BCUT2D eigenvalue weighted by Gasteiger charge is 2.21. The van der Waals surface area contributed by atoms with Crippen LogP contribution >= 0.6 is 11.3 Å². The van der Waals surface area contributed by atoms with Crippen molar-refractivity contribution in [2.75, 3.05) is 12.0 Å². The number of ether oxygens (including phenoxy) is 2. The molecule has 1 N–H and O–H groups in total. The molecule has 1 aliphatic heterocycles. The average Bonchev–Trinajstić information content (AvgIpc) is 3.38. The molecule has 1 amide bonds. The maximum absolute atomic E-state index is 13.3. The second kappa shape index (κ2) is 9.38. The van der Waals surface area contributed by atoms with Gasteiger partial charge in [-0.2, -0.15) is 0 Å². The van der Waals surface area contributed by atoms with Gasteiger partial charge in [0.25, 0.3) is 11.5 Å². The van der Waals surface area contributed by atoms with Gasteiger partial charge in [-0.3, -0.25) is 15.0 Å². The maximum atomic E-state index is 13.3. The van der Waals surface area contributed by atoms with Gasteiger partial charge in [-0.1, -0.05) is 30.3 Å². The largest absolute Gasteiger partial charge is 0.493 e. The van der Waals surface area contributed by atoms with Crippen molar-refractivity contribution in [2.24, 2.45) is 0 Å². The molecule has 178 valence electrons. The van der Waals surface area contributed by atoms with Crippen LogP contribution in [0.4, 0.5) is 0 Å². The van der Waals surface area contributed by atoms with E-state index in [0.29, 0.717) is 22.6 Å². The summed E-state index contributed by atoms with van der Waals surface area (Å²) in [5.41, 5.74) is 5.90. The summed E-state index contributed by atoms with van der Waals surface area (Å²) >= 11 is 1.46. The Morgan fingerprint density at radius 3 is 2.89 bits per heavy atom. The van der Waals surface area contributed by atoms with Crippen molar-refractivity contribution in [1.82, 2.24) is 9.66 Å². The quantitative estimate of drug-likeness (QED) is 0.390. The Hall–Kier alpha value is -3.91. The normalized spacial score (nSPS) is 14.8. The number of nitrogens with zero attached hydrogens (tertiary/aromatic N) is 2. The lowest BCUT2D eigenvalue weighted by Crippen LogP contribution is -2.32. The number of aromatic nitrogens is 2. The van der Waals surface area contributed by atoms with E-state index in [4.69, 9.17) is 9.47 Å². The summed E-state index contributed by atoms with van der Waals surface area (Å²) in [6.45, 7) is 6.41. The van der Waals surface area contributed by atoms with Gasteiger partial charge in [0.15, 0.2) is 0 Å². The second-order valence-electron chi connectivity index (χ2n) is 8.37. The number of amides is 1. The molecule has 0 radical (unpaired) electrons. The van der Waals surface area contributed by atoms with Gasteiger partial charge in [0.2, 0.25) is 0 Å². The van der Waals surface area contributed by atoms with Crippen molar-refractivity contribution in [3.8, 4) is 22.6 Å². The van der Waals surface area contributed by atoms with E-state index in [1.807, 2.05) is 63.2 Å². The zero-order chi connectivity index (χ0) is 24.5. The maximum Gasteiger partial charge on any atom is 0.281 e. The summed E-state index contributed by atoms with van der Waals surface area (Å²) in [6.07, 6.45) is 5.31. The summed E-state index contributed by atoms with van der Waals surface area (Å²) in [4.78, 5) is 32.1. The van der Waals surface area contributed by atoms with Gasteiger partial charge in [0.1, 0.15) is 28.8 Å². The summed E-state index contributed by atoms with van der Waals surface area (Å²) in [5.74, 6) is 1.03. The number of hydrogen-bond donors (Lipinski definition) is 1. The molecule has 2 aromatic carbocycles. The van der Waals surface area contributed by atoms with Gasteiger partial charge in [-0.15, -0.1) is 11.3 Å². The molecular weight excluding hydrogens is 462 g/mol. The molecule has 1 atom stereocenters. The van der Waals surface area contributed by atoms with Gasteiger partial charge >= 0.3 is 0 Å². The van der Waals surface area contributed by atoms with Crippen LogP contribution in [0.5, 0.6) is 11.5 Å². The molecule has 0 saturated heterocycles. The molecule has 1 aliphatic rings. The van der Waals surface area contributed by atoms with Crippen molar-refractivity contribution in [3.05, 3.63) is 81.2 Å². The van der Waals surface area contributed by atoms with Crippen LogP contribution in [0.2, 0.25) is 0 Å². The summed E-state index contributed by atoms with van der Waals surface area (Å²) < 4.78 is 12.7. The van der Waals surface area contributed by atoms with Gasteiger partial charge in [-0.05, 0) is 44.5 Å². The Bertz CT molecular complexity index is 1500. The van der Waals surface area contributed by atoms with Crippen LogP contribution in [-0.4, -0.2) is 28.3 Å². The number of carbonyl (C=O) groups is 1. The monoisotopic (exact) mass is 487 g/mol. The van der Waals surface area contributed by atoms with Crippen molar-refractivity contribution in [2.45, 2.75) is 33.3 Å². The molecule has 0 saturated carbocycles. The SMILES string of the molecule is CCOc1cc2c(cc1/C=C/C(=O)Nn1cnc3sc(C)c(-c4ccccc4)c3c1=O)OC(C)C2. The van der Waals surface area contributed by atoms with Crippen LogP contribution in [-0.2, 0) is 11.2 Å². The fourth-order valence-corrected chi connectivity index (χ4v) is 5.33. The van der Waals surface area contributed by atoms with Gasteiger partial charge in [0.05, 0.1) is 12.0 Å². The number of aryl methyl sites for hydroxylation is 1. The Labute approximate surface area is 206 Å². The Balaban J connectivity index is 1.44. The number of thiophene rings is 1. The van der Waals surface area contributed by atoms with Crippen LogP contribution in [0.3, 0.4) is 0 Å². The number of nitrogens with one attached hydrogen (secondary N) is 1. The van der Waals surface area contributed by atoms with Crippen LogP contribution in [0.1, 0.15) is 29.9 Å². The molecule has 7 nitrogen and oxygen atoms in total. The van der Waals surface area contributed by atoms with Crippen molar-refractivity contribution in [3.63, 3.8) is 0 Å². The lowest BCUT2D eigenvalue weighted by molar-refractivity contribution is -0.112. The summed E-state index contributed by atoms with van der Waals surface area (Å²) in [7, 11) is 0. The Kier molecular flexibility index (Phi) is 6.13. The van der Waals surface area contributed by atoms with Crippen molar-refractivity contribution < 1.29 is 14.3 Å². The van der Waals surface area contributed by atoms with Crippen LogP contribution in [0, 0.1) is 6.92 Å². The van der Waals surface area contributed by atoms with E-state index >= 15 is 0 Å². The fourth-order valence-electron chi connectivity index (χ4n) is 4.32. The van der Waals surface area contributed by atoms with E-state index in [1.165, 1.54) is 23.7 Å². The van der Waals surface area contributed by atoms with Gasteiger partial charge in [-0.25, -0.2) is 9.66 Å². The van der Waals surface area contributed by atoms with Crippen LogP contribution in [0.15, 0.2) is 59.7 Å². The second-order valence-corrected chi connectivity index (χ2v) is 9.58. The molecule has 5 rings (SSSR count). The Morgan fingerprint density at radius 1 is 1.31 bits per heavy atom. The zero-order valence-corrected chi connectivity index (χ0v) is 20.5. The van der Waals surface area contributed by atoms with Crippen molar-refractivity contribution >= 4 is 33.5 Å². The van der Waals surface area contributed by atoms with Gasteiger partial charge < -0.3 is 9.47 Å². The zero-order valence-electron chi connectivity index (χ0n) is 19.7. The standard InChI is InChI=1S/C27H25N3O4S/c1-4-33-21-14-20-12-16(2)34-22(20)13-19(21)10-11-23(31)29-30-15-28-26-25(27(30)32)24(17(3)35-26)18-8-6-5-7-9-18/h5-11,13-16H,4,12H2,1-3H3,(H,29,31)/b11-10+. The number of fused-ring (bicyclic) bond motifs is 2. The molecule has 2 aromatic heterocycles. The molecule has 35 heavy (non-hydrogen) atoms. The third kappa shape index (κ3) is 4.44. The molecule has 3 heterocycles. The minimum absolute atomic E-state index is 0.109. The van der Waals surface area contributed by atoms with Crippen LogP contribution in [0.25, 0.3) is 27.4 Å². The van der Waals surface area contributed by atoms with E-state index < -0.39 is 5.91 Å². The minimum Gasteiger partial charge on any atom is -0.493 e. The number of hydrogen-bond acceptors (Lipinski definition) is 6. The van der Waals surface area contributed by atoms with Crippen molar-refractivity contribution in [1.29, 1.82) is 0 Å². The highest BCUT2D eigenvalue weighted by atomic mass is 32.1. The topological polar surface area (TPSA) is 82.5 Å². The first-order valence-electron chi connectivity index (χ1n) is 11.5. The first kappa shape index (κ1) is 22.9. The van der Waals surface area contributed by atoms with E-state index in [1.54, 1.807) is 6.08 Å². The van der Waals surface area contributed by atoms with Crippen LogP contribution < -0.4 is 20.5 Å². The van der Waals surface area contributed by atoms with E-state index in [0.717, 1.165) is 44.0 Å². The van der Waals surface area contributed by atoms with E-state index in [-0.39, 0.29) is 11.7 Å². The first-order valence-corrected chi connectivity index (χ1v) is 12.3. The van der Waals surface area contributed by atoms with E-state index in [9.17, 15) is 9.59 Å². The lowest BCUT2D eigenvalue weighted by atomic mass is 10.0. The summed E-state index contributed by atoms with van der Waals surface area (Å²) in [5, 5.41) is 0.494. The molecule has 1 unspecified atom stereocenters. The molecule has 4 aromatic rings. The third-order valence-corrected chi connectivity index (χ3v) is 6.84. The molecule has 0 bridgehead atoms. The number of benzene rings is 2. The summed E-state index contributed by atoms with van der Waals surface area (Å²) in [6, 6.07) is 13.6. The fraction of sp³-hybridized carbons (Fsp3) is 0.222. The highest BCUT2D eigenvalue weighted by Crippen LogP contribution is 2.36. The average molecular weight is 488 g/mol. The predicted octanol–water partition coefficient (Wildman–Crippen LogP) is 4.94. The lowest BCUT2D eigenvalue weighted by Gasteiger charge is -2.10. The van der Waals surface area contributed by atoms with Gasteiger partial charge in [0, 0.05) is 34.1 Å². The molecule has 0 aliphatic carbocycles. The number of rotatable bonds is 6. The molecule has 0 fully saturated rings. The predicted molar refractivity (Wildman–Crippen MR) is 139 cm³/mol. The Morgan fingerprint density at radius 2 is 2.11 bits per heavy atom.